The zero-order valence-corrected chi connectivity index (χ0v) is 16.1. The summed E-state index contributed by atoms with van der Waals surface area (Å²) < 4.78 is 8.67. The zero-order chi connectivity index (χ0) is 20.7. The summed E-state index contributed by atoms with van der Waals surface area (Å²) in [7, 11) is 0. The van der Waals surface area contributed by atoms with Crippen LogP contribution in [0, 0.1) is 19.3 Å². The molecular weight excluding hydrogens is 382 g/mol. The number of amides is 1. The highest BCUT2D eigenvalue weighted by atomic mass is 16.5. The van der Waals surface area contributed by atoms with E-state index in [9.17, 15) is 4.79 Å². The van der Waals surface area contributed by atoms with Gasteiger partial charge in [0.15, 0.2) is 11.5 Å². The van der Waals surface area contributed by atoms with Crippen molar-refractivity contribution in [3.05, 3.63) is 59.5 Å². The molecule has 1 aromatic carbocycles. The van der Waals surface area contributed by atoms with Gasteiger partial charge in [0.25, 0.3) is 0 Å². The Morgan fingerprint density at radius 3 is 2.87 bits per heavy atom. The van der Waals surface area contributed by atoms with Crippen LogP contribution in [-0.4, -0.2) is 42.1 Å². The Bertz CT molecular complexity index is 1300. The fourth-order valence-corrected chi connectivity index (χ4v) is 3.75. The predicted octanol–water partition coefficient (Wildman–Crippen LogP) is 2.10. The number of nitrogens with zero attached hydrogens (tertiary/aromatic N) is 6. The van der Waals surface area contributed by atoms with E-state index in [1.807, 2.05) is 31.2 Å². The van der Waals surface area contributed by atoms with Gasteiger partial charge in [-0.3, -0.25) is 4.79 Å². The second kappa shape index (κ2) is 7.00. The maximum Gasteiger partial charge on any atom is 0.226 e. The molecule has 1 aliphatic heterocycles. The summed E-state index contributed by atoms with van der Waals surface area (Å²) in [6.07, 6.45) is 7.10. The second-order valence-corrected chi connectivity index (χ2v) is 6.95. The molecule has 5 rings (SSSR count). The van der Waals surface area contributed by atoms with Crippen molar-refractivity contribution in [3.8, 4) is 23.9 Å². The van der Waals surface area contributed by atoms with Crippen LogP contribution in [0.25, 0.3) is 11.5 Å². The molecule has 0 saturated heterocycles. The lowest BCUT2D eigenvalue weighted by atomic mass is 9.86. The van der Waals surface area contributed by atoms with Crippen molar-refractivity contribution in [3.63, 3.8) is 0 Å². The van der Waals surface area contributed by atoms with Gasteiger partial charge in [0.05, 0.1) is 5.69 Å². The maximum atomic E-state index is 12.5. The van der Waals surface area contributed by atoms with Gasteiger partial charge in [-0.2, -0.15) is 14.3 Å². The zero-order valence-electron chi connectivity index (χ0n) is 16.1. The fourth-order valence-electron chi connectivity index (χ4n) is 3.75. The number of benzene rings is 1. The highest BCUT2D eigenvalue weighted by Crippen LogP contribution is 2.40. The monoisotopic (exact) mass is 399 g/mol. The van der Waals surface area contributed by atoms with Crippen LogP contribution in [0.4, 0.5) is 5.82 Å². The van der Waals surface area contributed by atoms with Gasteiger partial charge in [-0.05, 0) is 36.8 Å². The van der Waals surface area contributed by atoms with Gasteiger partial charge in [0, 0.05) is 17.9 Å². The van der Waals surface area contributed by atoms with Gasteiger partial charge in [0.1, 0.15) is 24.5 Å². The molecular formula is C21H17N7O2. The lowest BCUT2D eigenvalue weighted by Crippen LogP contribution is -2.25. The van der Waals surface area contributed by atoms with Crippen LogP contribution in [0.5, 0.6) is 5.75 Å². The number of carbonyl (C=O) groups excluding carboxylic acids is 1. The number of hydrogen-bond donors (Lipinski definition) is 1. The van der Waals surface area contributed by atoms with Gasteiger partial charge in [-0.1, -0.05) is 18.1 Å². The van der Waals surface area contributed by atoms with Crippen molar-refractivity contribution in [1.29, 1.82) is 0 Å². The third kappa shape index (κ3) is 2.95. The van der Waals surface area contributed by atoms with Crippen LogP contribution < -0.4 is 10.1 Å². The number of fused-ring (bicyclic) bond motifs is 2. The Morgan fingerprint density at radius 1 is 1.23 bits per heavy atom. The number of aryl methyl sites for hydroxylation is 1. The number of hydrogen-bond acceptors (Lipinski definition) is 6. The van der Waals surface area contributed by atoms with Crippen molar-refractivity contribution >= 4 is 17.4 Å². The number of aromatic nitrogens is 6. The summed E-state index contributed by atoms with van der Waals surface area (Å²) in [4.78, 5) is 12.5. The Balaban J connectivity index is 1.57. The minimum Gasteiger partial charge on any atom is -0.481 e. The summed E-state index contributed by atoms with van der Waals surface area (Å²) in [5, 5.41) is 19.9. The van der Waals surface area contributed by atoms with Crippen LogP contribution >= 0.6 is 0 Å². The van der Waals surface area contributed by atoms with Crippen LogP contribution in [0.1, 0.15) is 29.2 Å². The Morgan fingerprint density at radius 2 is 2.07 bits per heavy atom. The van der Waals surface area contributed by atoms with Crippen molar-refractivity contribution in [2.24, 2.45) is 0 Å². The third-order valence-electron chi connectivity index (χ3n) is 5.07. The molecule has 1 amide bonds. The number of nitrogens with one attached hydrogen (secondary N) is 1. The normalized spacial score (nSPS) is 15.5. The van der Waals surface area contributed by atoms with Crippen LogP contribution in [0.3, 0.4) is 0 Å². The first-order valence-corrected chi connectivity index (χ1v) is 9.37. The van der Waals surface area contributed by atoms with Crippen LogP contribution in [0.2, 0.25) is 0 Å². The Hall–Kier alpha value is -4.19. The molecule has 9 heteroatoms. The number of ether oxygens (including phenoxy) is 1. The lowest BCUT2D eigenvalue weighted by molar-refractivity contribution is -0.116. The molecule has 148 valence electrons. The molecule has 4 aromatic rings. The summed E-state index contributed by atoms with van der Waals surface area (Å²) in [5.41, 5.74) is 3.43. The molecule has 30 heavy (non-hydrogen) atoms. The minimum atomic E-state index is -0.122. The van der Waals surface area contributed by atoms with Crippen molar-refractivity contribution < 1.29 is 9.53 Å². The summed E-state index contributed by atoms with van der Waals surface area (Å²) in [5.74, 6) is 4.12. The largest absolute Gasteiger partial charge is 0.481 e. The standard InChI is InChI=1S/C21H17N7O2/c1-3-10-30-15-6-4-14(5-7-15)16-11-19(29)23-21-20(16)13(2)25-28(21)18-9-8-17-24-22-12-27(17)26-18/h1,4-9,12,16H,10-11H2,2H3,(H,23,29)/t16-/m0/s1. The Kier molecular flexibility index (Phi) is 4.17. The molecule has 1 aliphatic rings. The van der Waals surface area contributed by atoms with Gasteiger partial charge >= 0.3 is 0 Å². The highest BCUT2D eigenvalue weighted by Gasteiger charge is 2.33. The van der Waals surface area contributed by atoms with E-state index in [2.05, 4.69) is 31.6 Å². The van der Waals surface area contributed by atoms with E-state index in [4.69, 9.17) is 11.2 Å². The number of anilines is 1. The first-order chi connectivity index (χ1) is 14.6. The van der Waals surface area contributed by atoms with Gasteiger partial charge in [0.2, 0.25) is 5.91 Å². The molecule has 9 nitrogen and oxygen atoms in total. The molecule has 3 aromatic heterocycles. The topological polar surface area (TPSA) is 99.2 Å². The summed E-state index contributed by atoms with van der Waals surface area (Å²) in [6, 6.07) is 11.2. The lowest BCUT2D eigenvalue weighted by Gasteiger charge is -2.24. The third-order valence-corrected chi connectivity index (χ3v) is 5.07. The minimum absolute atomic E-state index is 0.0771. The number of terminal acetylenes is 1. The van der Waals surface area contributed by atoms with Gasteiger partial charge in [-0.15, -0.1) is 21.7 Å². The van der Waals surface area contributed by atoms with Crippen molar-refractivity contribution in [2.45, 2.75) is 19.3 Å². The quantitative estimate of drug-likeness (QED) is 0.528. The van der Waals surface area contributed by atoms with Gasteiger partial charge in [-0.25, -0.2) is 0 Å². The molecule has 0 saturated carbocycles. The van der Waals surface area contributed by atoms with Crippen molar-refractivity contribution in [1.82, 2.24) is 29.6 Å². The second-order valence-electron chi connectivity index (χ2n) is 6.95. The van der Waals surface area contributed by atoms with E-state index in [0.29, 0.717) is 29.5 Å². The Labute approximate surface area is 171 Å². The van der Waals surface area contributed by atoms with Crippen LogP contribution in [0.15, 0.2) is 42.7 Å². The average Bonchev–Trinajstić information content (AvgIpc) is 3.36. The fraction of sp³-hybridized carbons (Fsp3) is 0.190. The SMILES string of the molecule is C#CCOc1ccc([C@@H]2CC(=O)Nc3c2c(C)nn3-c2ccc3nncn3n2)cc1. The summed E-state index contributed by atoms with van der Waals surface area (Å²) in [6.45, 7) is 2.15. The van der Waals surface area contributed by atoms with E-state index in [0.717, 1.165) is 16.8 Å². The average molecular weight is 399 g/mol. The first kappa shape index (κ1) is 17.9. The summed E-state index contributed by atoms with van der Waals surface area (Å²) >= 11 is 0. The molecule has 0 unspecified atom stereocenters. The van der Waals surface area contributed by atoms with E-state index in [1.165, 1.54) is 6.33 Å². The van der Waals surface area contributed by atoms with Gasteiger partial charge < -0.3 is 10.1 Å². The molecule has 1 atom stereocenters. The molecule has 1 N–H and O–H groups in total. The molecule has 0 fully saturated rings. The van der Waals surface area contributed by atoms with Crippen molar-refractivity contribution in [2.75, 3.05) is 11.9 Å². The molecule has 0 aliphatic carbocycles. The van der Waals surface area contributed by atoms with E-state index in [1.54, 1.807) is 21.3 Å². The first-order valence-electron chi connectivity index (χ1n) is 9.37. The van der Waals surface area contributed by atoms with Crippen LogP contribution in [-0.2, 0) is 4.79 Å². The highest BCUT2D eigenvalue weighted by molar-refractivity contribution is 5.95. The maximum absolute atomic E-state index is 12.5. The smallest absolute Gasteiger partial charge is 0.226 e. The van der Waals surface area contributed by atoms with E-state index < -0.39 is 0 Å². The molecule has 0 bridgehead atoms. The van der Waals surface area contributed by atoms with E-state index >= 15 is 0 Å². The predicted molar refractivity (Wildman–Crippen MR) is 109 cm³/mol. The number of carbonyl (C=O) groups is 1. The van der Waals surface area contributed by atoms with E-state index in [-0.39, 0.29) is 18.4 Å². The molecule has 4 heterocycles. The number of rotatable bonds is 4. The molecule has 0 spiro atoms. The molecule has 0 radical (unpaired) electrons.